The SMILES string of the molecule is CC(C#N)[C@@]1(O)[C@@H](O)[C@H](O)[C@@H](CO)O[C@@]1(O)OC1(CO)O[C@H](CO)[C@@H](O)[C@@H]1O. The van der Waals surface area contributed by atoms with Gasteiger partial charge in [-0.1, -0.05) is 0 Å². The van der Waals surface area contributed by atoms with Gasteiger partial charge >= 0.3 is 5.97 Å². The molecule has 13 nitrogen and oxygen atoms in total. The Balaban J connectivity index is 2.53. The number of nitriles is 1. The summed E-state index contributed by atoms with van der Waals surface area (Å²) in [5, 5.41) is 99.8. The molecule has 162 valence electrons. The lowest BCUT2D eigenvalue weighted by atomic mass is 9.76. The monoisotopic (exact) mass is 411 g/mol. The van der Waals surface area contributed by atoms with Crippen molar-refractivity contribution in [1.82, 2.24) is 0 Å². The Morgan fingerprint density at radius 3 is 1.89 bits per heavy atom. The van der Waals surface area contributed by atoms with Gasteiger partial charge in [-0.05, 0) is 6.92 Å². The third-order valence-corrected chi connectivity index (χ3v) is 5.22. The highest BCUT2D eigenvalue weighted by Gasteiger charge is 2.71. The topological polar surface area (TPSA) is 234 Å². The number of rotatable bonds is 6. The van der Waals surface area contributed by atoms with Gasteiger partial charge in [0.15, 0.2) is 5.60 Å². The van der Waals surface area contributed by atoms with E-state index in [0.29, 0.717) is 0 Å². The zero-order valence-electron chi connectivity index (χ0n) is 14.9. The summed E-state index contributed by atoms with van der Waals surface area (Å²) in [6, 6.07) is 1.55. The van der Waals surface area contributed by atoms with Crippen molar-refractivity contribution in [2.75, 3.05) is 19.8 Å². The van der Waals surface area contributed by atoms with E-state index >= 15 is 0 Å². The van der Waals surface area contributed by atoms with E-state index in [4.69, 9.17) is 14.2 Å². The molecule has 0 aromatic heterocycles. The molecule has 2 aliphatic rings. The van der Waals surface area contributed by atoms with Crippen molar-refractivity contribution in [2.45, 2.75) is 60.9 Å². The van der Waals surface area contributed by atoms with Crippen LogP contribution in [0, 0.1) is 17.2 Å². The lowest BCUT2D eigenvalue weighted by Gasteiger charge is -2.54. The first-order valence-corrected chi connectivity index (χ1v) is 8.43. The highest BCUT2D eigenvalue weighted by atomic mass is 16.9. The molecule has 13 heteroatoms. The van der Waals surface area contributed by atoms with Gasteiger partial charge in [-0.3, -0.25) is 4.74 Å². The van der Waals surface area contributed by atoms with Crippen molar-refractivity contribution < 1.29 is 60.2 Å². The molecule has 0 spiro atoms. The number of aliphatic hydroxyl groups is 9. The van der Waals surface area contributed by atoms with E-state index in [9.17, 15) is 51.2 Å². The molecule has 2 heterocycles. The Bertz CT molecular complexity index is 602. The van der Waals surface area contributed by atoms with Crippen molar-refractivity contribution in [3.05, 3.63) is 0 Å². The third kappa shape index (κ3) is 3.21. The molecule has 2 rings (SSSR count). The van der Waals surface area contributed by atoms with Gasteiger partial charge in [-0.2, -0.15) is 5.26 Å². The maximum absolute atomic E-state index is 10.9. The van der Waals surface area contributed by atoms with Crippen LogP contribution in [-0.4, -0.2) is 120 Å². The quantitative estimate of drug-likeness (QED) is 0.186. The summed E-state index contributed by atoms with van der Waals surface area (Å²) in [5.74, 6) is -7.73. The van der Waals surface area contributed by atoms with Crippen LogP contribution in [0.1, 0.15) is 6.92 Å². The van der Waals surface area contributed by atoms with E-state index in [1.165, 1.54) is 0 Å². The number of nitrogens with zero attached hydrogens (tertiary/aromatic N) is 1. The minimum Gasteiger partial charge on any atom is -0.394 e. The molecule has 0 aromatic carbocycles. The Labute approximate surface area is 159 Å². The molecular weight excluding hydrogens is 386 g/mol. The van der Waals surface area contributed by atoms with Gasteiger partial charge in [0.25, 0.3) is 0 Å². The second kappa shape index (κ2) is 8.03. The third-order valence-electron chi connectivity index (χ3n) is 5.22. The minimum atomic E-state index is -3.41. The molecule has 0 radical (unpaired) electrons. The normalized spacial score (nSPS) is 50.3. The van der Waals surface area contributed by atoms with Crippen LogP contribution in [0.4, 0.5) is 0 Å². The Morgan fingerprint density at radius 2 is 1.46 bits per heavy atom. The maximum atomic E-state index is 10.9. The van der Waals surface area contributed by atoms with Crippen LogP contribution in [0.5, 0.6) is 0 Å². The molecular formula is C15H25NO12. The summed E-state index contributed by atoms with van der Waals surface area (Å²) >= 11 is 0. The molecule has 0 aliphatic carbocycles. The standard InChI is InChI=1S/C15H25NO12/c1-6(2-16)14(24)12(23)10(21)8(4-18)27-15(14,25)28-13(5-19)11(22)9(20)7(3-17)26-13/h6-12,17-25H,3-5H2,1H3/t6?,7-,8-,9-,10-,11+,12+,13?,14-,15-/m1/s1. The first-order chi connectivity index (χ1) is 13.0. The molecule has 0 saturated carbocycles. The fourth-order valence-electron chi connectivity index (χ4n) is 3.39. The molecule has 2 saturated heterocycles. The number of hydrogen-bond acceptors (Lipinski definition) is 13. The number of ether oxygens (including phenoxy) is 3. The van der Waals surface area contributed by atoms with Crippen molar-refractivity contribution in [3.8, 4) is 6.07 Å². The second-order valence-electron chi connectivity index (χ2n) is 6.88. The van der Waals surface area contributed by atoms with Gasteiger partial charge in [0, 0.05) is 0 Å². The van der Waals surface area contributed by atoms with Crippen LogP contribution in [0.25, 0.3) is 0 Å². The van der Waals surface area contributed by atoms with E-state index in [-0.39, 0.29) is 0 Å². The highest BCUT2D eigenvalue weighted by Crippen LogP contribution is 2.46. The average Bonchev–Trinajstić information content (AvgIpc) is 2.93. The van der Waals surface area contributed by atoms with Crippen molar-refractivity contribution in [2.24, 2.45) is 5.92 Å². The number of hydrogen-bond donors (Lipinski definition) is 9. The predicted octanol–water partition coefficient (Wildman–Crippen LogP) is -5.55. The van der Waals surface area contributed by atoms with Crippen LogP contribution in [-0.2, 0) is 14.2 Å². The molecule has 10 atom stereocenters. The number of aliphatic hydroxyl groups excluding tert-OH is 7. The molecule has 0 bridgehead atoms. The van der Waals surface area contributed by atoms with Gasteiger partial charge in [0.05, 0.1) is 25.2 Å². The minimum absolute atomic E-state index is 0.817. The van der Waals surface area contributed by atoms with Crippen LogP contribution in [0.15, 0.2) is 0 Å². The van der Waals surface area contributed by atoms with Gasteiger partial charge in [-0.15, -0.1) is 0 Å². The molecule has 28 heavy (non-hydrogen) atoms. The largest absolute Gasteiger partial charge is 0.394 e. The zero-order chi connectivity index (χ0) is 21.5. The molecule has 2 unspecified atom stereocenters. The van der Waals surface area contributed by atoms with Gasteiger partial charge < -0.3 is 55.4 Å². The smallest absolute Gasteiger partial charge is 0.318 e. The molecule has 9 N–H and O–H groups in total. The van der Waals surface area contributed by atoms with Crippen LogP contribution in [0.2, 0.25) is 0 Å². The van der Waals surface area contributed by atoms with Crippen LogP contribution < -0.4 is 0 Å². The Kier molecular flexibility index (Phi) is 6.68. The fourth-order valence-corrected chi connectivity index (χ4v) is 3.39. The van der Waals surface area contributed by atoms with E-state index in [0.717, 1.165) is 6.92 Å². The first-order valence-electron chi connectivity index (χ1n) is 8.43. The van der Waals surface area contributed by atoms with Crippen molar-refractivity contribution in [1.29, 1.82) is 5.26 Å². The average molecular weight is 411 g/mol. The molecule has 2 aliphatic heterocycles. The maximum Gasteiger partial charge on any atom is 0.318 e. The van der Waals surface area contributed by atoms with Crippen LogP contribution in [0.3, 0.4) is 0 Å². The van der Waals surface area contributed by atoms with Gasteiger partial charge in [0.1, 0.15) is 43.2 Å². The summed E-state index contributed by atoms with van der Waals surface area (Å²) in [5.41, 5.74) is -3.06. The van der Waals surface area contributed by atoms with E-state index < -0.39 is 79.7 Å². The lowest BCUT2D eigenvalue weighted by molar-refractivity contribution is -0.528. The van der Waals surface area contributed by atoms with Gasteiger partial charge in [0.2, 0.25) is 5.79 Å². The Hall–Kier alpha value is -0.990. The summed E-state index contributed by atoms with van der Waals surface area (Å²) in [6.07, 6.45) is -11.3. The van der Waals surface area contributed by atoms with E-state index in [2.05, 4.69) is 0 Å². The van der Waals surface area contributed by atoms with E-state index in [1.807, 2.05) is 0 Å². The van der Waals surface area contributed by atoms with Crippen molar-refractivity contribution in [3.63, 3.8) is 0 Å². The summed E-state index contributed by atoms with van der Waals surface area (Å²) < 4.78 is 15.3. The highest BCUT2D eigenvalue weighted by molar-refractivity contribution is 5.12. The van der Waals surface area contributed by atoms with Crippen LogP contribution >= 0.6 is 0 Å². The summed E-state index contributed by atoms with van der Waals surface area (Å²) in [4.78, 5) is 0. The van der Waals surface area contributed by atoms with Crippen molar-refractivity contribution >= 4 is 0 Å². The summed E-state index contributed by atoms with van der Waals surface area (Å²) in [7, 11) is 0. The zero-order valence-corrected chi connectivity index (χ0v) is 14.9. The predicted molar refractivity (Wildman–Crippen MR) is 83.5 cm³/mol. The second-order valence-corrected chi connectivity index (χ2v) is 6.88. The molecule has 0 aromatic rings. The lowest BCUT2D eigenvalue weighted by Crippen LogP contribution is -2.78. The summed E-state index contributed by atoms with van der Waals surface area (Å²) in [6.45, 7) is -1.96. The molecule has 2 fully saturated rings. The fraction of sp³-hybridized carbons (Fsp3) is 0.933. The van der Waals surface area contributed by atoms with E-state index in [1.54, 1.807) is 6.07 Å². The Morgan fingerprint density at radius 1 is 0.964 bits per heavy atom. The first kappa shape index (κ1) is 23.3. The molecule has 0 amide bonds. The van der Waals surface area contributed by atoms with Gasteiger partial charge in [-0.25, -0.2) is 0 Å².